The van der Waals surface area contributed by atoms with Crippen molar-refractivity contribution in [3.05, 3.63) is 91.4 Å². The van der Waals surface area contributed by atoms with Gasteiger partial charge in [-0.05, 0) is 37.1 Å². The number of piperidine rings is 1. The van der Waals surface area contributed by atoms with Crippen LogP contribution in [0.1, 0.15) is 29.4 Å². The predicted molar refractivity (Wildman–Crippen MR) is 115 cm³/mol. The first-order valence-corrected chi connectivity index (χ1v) is 10.1. The first kappa shape index (κ1) is 19.0. The fourth-order valence-electron chi connectivity index (χ4n) is 4.20. The van der Waals surface area contributed by atoms with Gasteiger partial charge < -0.3 is 14.3 Å². The van der Waals surface area contributed by atoms with E-state index >= 15 is 0 Å². The Bertz CT molecular complexity index is 1490. The van der Waals surface area contributed by atoms with Gasteiger partial charge in [0.1, 0.15) is 5.58 Å². The summed E-state index contributed by atoms with van der Waals surface area (Å²) >= 11 is 0. The lowest BCUT2D eigenvalue weighted by Crippen LogP contribution is -2.45. The molecule has 1 amide bonds. The number of nitrogens with one attached hydrogen (secondary N) is 1. The molecule has 0 saturated carbocycles. The van der Waals surface area contributed by atoms with Crippen LogP contribution in [0.4, 0.5) is 0 Å². The van der Waals surface area contributed by atoms with Crippen LogP contribution in [0.25, 0.3) is 21.9 Å². The molecule has 5 rings (SSSR count). The van der Waals surface area contributed by atoms with Crippen LogP contribution < -0.4 is 16.7 Å². The van der Waals surface area contributed by atoms with Crippen LogP contribution in [0.5, 0.6) is 0 Å². The van der Waals surface area contributed by atoms with E-state index in [4.69, 9.17) is 4.42 Å². The normalized spacial score (nSPS) is 14.9. The van der Waals surface area contributed by atoms with Gasteiger partial charge in [-0.15, -0.1) is 0 Å². The Labute approximate surface area is 175 Å². The van der Waals surface area contributed by atoms with E-state index in [0.717, 1.165) is 0 Å². The second kappa shape index (κ2) is 7.39. The Morgan fingerprint density at radius 3 is 2.39 bits per heavy atom. The molecule has 1 aliphatic heterocycles. The molecular formula is C23H19N3O5. The molecule has 8 nitrogen and oxygen atoms in total. The molecule has 1 fully saturated rings. The van der Waals surface area contributed by atoms with Crippen molar-refractivity contribution >= 4 is 27.8 Å². The van der Waals surface area contributed by atoms with Crippen molar-refractivity contribution in [1.82, 2.24) is 14.5 Å². The highest BCUT2D eigenvalue weighted by atomic mass is 16.3. The van der Waals surface area contributed by atoms with Crippen molar-refractivity contribution < 1.29 is 9.21 Å². The van der Waals surface area contributed by atoms with Crippen LogP contribution in [0.3, 0.4) is 0 Å². The number of rotatable bonds is 2. The Kier molecular flexibility index (Phi) is 4.54. The van der Waals surface area contributed by atoms with Gasteiger partial charge in [-0.3, -0.25) is 19.0 Å². The number of amides is 1. The van der Waals surface area contributed by atoms with Crippen LogP contribution in [-0.2, 0) is 0 Å². The fourth-order valence-corrected chi connectivity index (χ4v) is 4.20. The zero-order chi connectivity index (χ0) is 21.5. The third kappa shape index (κ3) is 3.26. The van der Waals surface area contributed by atoms with Gasteiger partial charge in [-0.25, -0.2) is 4.79 Å². The number of hydrogen-bond acceptors (Lipinski definition) is 5. The maximum absolute atomic E-state index is 12.9. The van der Waals surface area contributed by atoms with Crippen molar-refractivity contribution in [2.75, 3.05) is 13.1 Å². The van der Waals surface area contributed by atoms with Crippen LogP contribution in [0, 0.1) is 0 Å². The Balaban J connectivity index is 1.39. The summed E-state index contributed by atoms with van der Waals surface area (Å²) in [6.45, 7) is 0.692. The molecule has 3 heterocycles. The van der Waals surface area contributed by atoms with Crippen LogP contribution in [-0.4, -0.2) is 33.4 Å². The van der Waals surface area contributed by atoms with Crippen molar-refractivity contribution in [3.63, 3.8) is 0 Å². The smallest absolute Gasteiger partial charge is 0.329 e. The van der Waals surface area contributed by atoms with Gasteiger partial charge >= 0.3 is 5.69 Å². The standard InChI is InChI=1S/C23H19N3O5/c27-18-13-20(31-19-8-4-2-6-16(18)19)22(29)25-11-9-14(10-12-25)26-21(28)15-5-1-3-7-17(15)24-23(26)30/h1-8,13-14H,9-12H2,(H,24,30). The number of para-hydroxylation sites is 2. The minimum absolute atomic E-state index is 0.0112. The number of aromatic amines is 1. The Morgan fingerprint density at radius 1 is 0.935 bits per heavy atom. The largest absolute Gasteiger partial charge is 0.451 e. The van der Waals surface area contributed by atoms with E-state index in [0.29, 0.717) is 47.8 Å². The van der Waals surface area contributed by atoms with E-state index in [1.807, 2.05) is 0 Å². The maximum Gasteiger partial charge on any atom is 0.329 e. The number of nitrogens with zero attached hydrogens (tertiary/aromatic N) is 2. The third-order valence-corrected chi connectivity index (χ3v) is 5.80. The summed E-state index contributed by atoms with van der Waals surface area (Å²) < 4.78 is 6.90. The maximum atomic E-state index is 12.9. The predicted octanol–water partition coefficient (Wildman–Crippen LogP) is 2.27. The van der Waals surface area contributed by atoms with E-state index in [9.17, 15) is 19.2 Å². The number of carbonyl (C=O) groups excluding carboxylic acids is 1. The molecule has 31 heavy (non-hydrogen) atoms. The molecule has 2 aromatic carbocycles. The Hall–Kier alpha value is -3.94. The molecule has 4 aromatic rings. The average molecular weight is 417 g/mol. The highest BCUT2D eigenvalue weighted by Gasteiger charge is 2.28. The van der Waals surface area contributed by atoms with Crippen LogP contribution >= 0.6 is 0 Å². The molecule has 0 unspecified atom stereocenters. The molecule has 1 aliphatic rings. The number of aromatic nitrogens is 2. The zero-order valence-corrected chi connectivity index (χ0v) is 16.5. The molecule has 8 heteroatoms. The van der Waals surface area contributed by atoms with E-state index in [1.54, 1.807) is 53.4 Å². The van der Waals surface area contributed by atoms with Crippen LogP contribution in [0.2, 0.25) is 0 Å². The molecule has 0 radical (unpaired) electrons. The molecule has 2 aromatic heterocycles. The van der Waals surface area contributed by atoms with Crippen LogP contribution in [0.15, 0.2) is 73.4 Å². The number of fused-ring (bicyclic) bond motifs is 2. The van der Waals surface area contributed by atoms with Crippen molar-refractivity contribution in [2.45, 2.75) is 18.9 Å². The van der Waals surface area contributed by atoms with Gasteiger partial charge in [0.2, 0.25) is 0 Å². The van der Waals surface area contributed by atoms with Gasteiger partial charge in [0.05, 0.1) is 16.3 Å². The SMILES string of the molecule is O=C(c1cc(=O)c2ccccc2o1)N1CCC(n2c(=O)[nH]c3ccccc3c2=O)CC1. The number of likely N-dealkylation sites (tertiary alicyclic amines) is 1. The lowest BCUT2D eigenvalue weighted by molar-refractivity contribution is 0.0660. The first-order valence-electron chi connectivity index (χ1n) is 10.1. The van der Waals surface area contributed by atoms with E-state index < -0.39 is 5.69 Å². The monoisotopic (exact) mass is 417 g/mol. The number of carbonyl (C=O) groups is 1. The quantitative estimate of drug-likeness (QED) is 0.539. The lowest BCUT2D eigenvalue weighted by atomic mass is 10.0. The molecule has 156 valence electrons. The summed E-state index contributed by atoms with van der Waals surface area (Å²) in [5, 5.41) is 0.881. The molecular weight excluding hydrogens is 398 g/mol. The highest BCUT2D eigenvalue weighted by molar-refractivity contribution is 5.93. The van der Waals surface area contributed by atoms with E-state index in [-0.39, 0.29) is 28.7 Å². The zero-order valence-electron chi connectivity index (χ0n) is 16.5. The molecule has 1 N–H and O–H groups in total. The number of benzene rings is 2. The van der Waals surface area contributed by atoms with Crippen molar-refractivity contribution in [1.29, 1.82) is 0 Å². The van der Waals surface area contributed by atoms with Gasteiger partial charge in [0.15, 0.2) is 11.2 Å². The fraction of sp³-hybridized carbons (Fsp3) is 0.217. The number of hydrogen-bond donors (Lipinski definition) is 1. The lowest BCUT2D eigenvalue weighted by Gasteiger charge is -2.32. The van der Waals surface area contributed by atoms with Gasteiger partial charge in [-0.1, -0.05) is 24.3 Å². The van der Waals surface area contributed by atoms with Gasteiger partial charge in [-0.2, -0.15) is 0 Å². The van der Waals surface area contributed by atoms with Crippen molar-refractivity contribution in [2.24, 2.45) is 0 Å². The molecule has 1 saturated heterocycles. The minimum Gasteiger partial charge on any atom is -0.451 e. The summed E-state index contributed by atoms with van der Waals surface area (Å²) in [7, 11) is 0. The first-order chi connectivity index (χ1) is 15.0. The topological polar surface area (TPSA) is 105 Å². The molecule has 0 bridgehead atoms. The van der Waals surface area contributed by atoms with Crippen molar-refractivity contribution in [3.8, 4) is 0 Å². The average Bonchev–Trinajstić information content (AvgIpc) is 2.79. The summed E-state index contributed by atoms with van der Waals surface area (Å²) in [6, 6.07) is 14.6. The van der Waals surface area contributed by atoms with E-state index in [2.05, 4.69) is 4.98 Å². The summed E-state index contributed by atoms with van der Waals surface area (Å²) in [4.78, 5) is 54.9. The molecule has 0 spiro atoms. The summed E-state index contributed by atoms with van der Waals surface area (Å²) in [6.07, 6.45) is 0.899. The Morgan fingerprint density at radius 2 is 1.61 bits per heavy atom. The summed E-state index contributed by atoms with van der Waals surface area (Å²) in [5.74, 6) is -0.385. The number of H-pyrrole nitrogens is 1. The second-order valence-electron chi connectivity index (χ2n) is 7.65. The van der Waals surface area contributed by atoms with E-state index in [1.165, 1.54) is 10.6 Å². The molecule has 0 atom stereocenters. The highest BCUT2D eigenvalue weighted by Crippen LogP contribution is 2.22. The summed E-state index contributed by atoms with van der Waals surface area (Å²) in [5.41, 5.74) is -0.178. The second-order valence-corrected chi connectivity index (χ2v) is 7.65. The van der Waals surface area contributed by atoms with Gasteiger partial charge in [0, 0.05) is 25.2 Å². The third-order valence-electron chi connectivity index (χ3n) is 5.80. The van der Waals surface area contributed by atoms with Gasteiger partial charge in [0.25, 0.3) is 11.5 Å². The molecule has 0 aliphatic carbocycles. The minimum atomic E-state index is -0.450.